The van der Waals surface area contributed by atoms with Gasteiger partial charge in [0.25, 0.3) is 0 Å². The van der Waals surface area contributed by atoms with Crippen molar-refractivity contribution in [3.8, 4) is 11.3 Å². The quantitative estimate of drug-likeness (QED) is 0.730. The van der Waals surface area contributed by atoms with Crippen molar-refractivity contribution in [3.05, 3.63) is 71.1 Å². The third-order valence-electron chi connectivity index (χ3n) is 4.44. The van der Waals surface area contributed by atoms with Crippen molar-refractivity contribution in [1.82, 2.24) is 5.16 Å². The molecule has 1 N–H and O–H groups in total. The smallest absolute Gasteiger partial charge is 0.236 e. The Morgan fingerprint density at radius 3 is 2.56 bits per heavy atom. The highest BCUT2D eigenvalue weighted by Crippen LogP contribution is 2.49. The molecule has 25 heavy (non-hydrogen) atoms. The summed E-state index contributed by atoms with van der Waals surface area (Å²) in [6, 6.07) is 15.0. The van der Waals surface area contributed by atoms with Gasteiger partial charge in [0.15, 0.2) is 5.76 Å². The Morgan fingerprint density at radius 2 is 1.88 bits per heavy atom. The number of nitrogens with zero attached hydrogens (tertiary/aromatic N) is 1. The van der Waals surface area contributed by atoms with Crippen LogP contribution in [0, 0.1) is 5.82 Å². The third-order valence-corrected chi connectivity index (χ3v) is 4.69. The maximum Gasteiger partial charge on any atom is 0.236 e. The average molecular weight is 357 g/mol. The fourth-order valence-corrected chi connectivity index (χ4v) is 2.91. The van der Waals surface area contributed by atoms with Crippen LogP contribution in [-0.4, -0.2) is 11.1 Å². The Balaban J connectivity index is 1.58. The van der Waals surface area contributed by atoms with Crippen LogP contribution in [0.1, 0.15) is 18.5 Å². The van der Waals surface area contributed by atoms with Crippen molar-refractivity contribution < 1.29 is 13.7 Å². The van der Waals surface area contributed by atoms with E-state index in [-0.39, 0.29) is 11.6 Å². The molecule has 1 aliphatic carbocycles. The zero-order valence-electron chi connectivity index (χ0n) is 13.1. The number of carbonyl (C=O) groups is 1. The van der Waals surface area contributed by atoms with Crippen molar-refractivity contribution in [2.75, 3.05) is 5.32 Å². The number of hydrogen-bond donors (Lipinski definition) is 1. The molecule has 126 valence electrons. The second-order valence-corrected chi connectivity index (χ2v) is 6.54. The monoisotopic (exact) mass is 356 g/mol. The molecule has 4 nitrogen and oxygen atoms in total. The minimum absolute atomic E-state index is 0.167. The van der Waals surface area contributed by atoms with E-state index in [0.717, 1.165) is 5.56 Å². The fourth-order valence-electron chi connectivity index (χ4n) is 2.78. The van der Waals surface area contributed by atoms with Gasteiger partial charge in [-0.2, -0.15) is 0 Å². The van der Waals surface area contributed by atoms with Gasteiger partial charge in [-0.25, -0.2) is 4.39 Å². The van der Waals surface area contributed by atoms with E-state index in [9.17, 15) is 9.18 Å². The minimum atomic E-state index is -0.754. The SMILES string of the molecule is O=C(Nc1ccccc1F)C1(c2cc(-c3ccc(Cl)cc3)on2)CC1. The summed E-state index contributed by atoms with van der Waals surface area (Å²) in [4.78, 5) is 12.7. The highest BCUT2D eigenvalue weighted by atomic mass is 35.5. The summed E-state index contributed by atoms with van der Waals surface area (Å²) in [5, 5.41) is 7.36. The molecule has 0 radical (unpaired) electrons. The van der Waals surface area contributed by atoms with E-state index >= 15 is 0 Å². The van der Waals surface area contributed by atoms with Gasteiger partial charge in [-0.05, 0) is 49.2 Å². The maximum atomic E-state index is 13.8. The van der Waals surface area contributed by atoms with E-state index < -0.39 is 11.2 Å². The van der Waals surface area contributed by atoms with Gasteiger partial charge in [0.05, 0.1) is 16.8 Å². The Morgan fingerprint density at radius 1 is 1.16 bits per heavy atom. The van der Waals surface area contributed by atoms with E-state index in [4.69, 9.17) is 16.1 Å². The standard InChI is InChI=1S/C19H14ClFN2O2/c20-13-7-5-12(6-8-13)16-11-17(23-25-16)19(9-10-19)18(24)22-15-4-2-1-3-14(15)21/h1-8,11H,9-10H2,(H,22,24). The van der Waals surface area contributed by atoms with E-state index in [1.54, 1.807) is 30.3 Å². The molecule has 1 heterocycles. The van der Waals surface area contributed by atoms with Crippen LogP contribution < -0.4 is 5.32 Å². The molecule has 1 fully saturated rings. The molecule has 0 bridgehead atoms. The fraction of sp³-hybridized carbons (Fsp3) is 0.158. The van der Waals surface area contributed by atoms with Gasteiger partial charge in [-0.3, -0.25) is 4.79 Å². The lowest BCUT2D eigenvalue weighted by molar-refractivity contribution is -0.118. The summed E-state index contributed by atoms with van der Waals surface area (Å²) in [6.07, 6.45) is 1.31. The predicted molar refractivity (Wildman–Crippen MR) is 92.9 cm³/mol. The van der Waals surface area contributed by atoms with Crippen LogP contribution >= 0.6 is 11.6 Å². The molecule has 0 atom stereocenters. The molecule has 4 rings (SSSR count). The highest BCUT2D eigenvalue weighted by molar-refractivity contribution is 6.30. The first-order chi connectivity index (χ1) is 12.1. The number of aromatic nitrogens is 1. The van der Waals surface area contributed by atoms with E-state index in [0.29, 0.717) is 29.3 Å². The lowest BCUT2D eigenvalue weighted by atomic mass is 10.00. The molecule has 0 aliphatic heterocycles. The van der Waals surface area contributed by atoms with Crippen molar-refractivity contribution in [1.29, 1.82) is 0 Å². The number of para-hydroxylation sites is 1. The largest absolute Gasteiger partial charge is 0.356 e. The number of benzene rings is 2. The van der Waals surface area contributed by atoms with Crippen LogP contribution in [0.2, 0.25) is 5.02 Å². The molecular weight excluding hydrogens is 343 g/mol. The Labute approximate surface area is 148 Å². The number of carbonyl (C=O) groups excluding carboxylic acids is 1. The van der Waals surface area contributed by atoms with Crippen LogP contribution in [-0.2, 0) is 10.2 Å². The molecule has 1 aromatic heterocycles. The van der Waals surface area contributed by atoms with E-state index in [2.05, 4.69) is 10.5 Å². The third kappa shape index (κ3) is 2.91. The molecule has 2 aromatic carbocycles. The summed E-state index contributed by atoms with van der Waals surface area (Å²) >= 11 is 5.89. The summed E-state index contributed by atoms with van der Waals surface area (Å²) in [5.74, 6) is -0.168. The van der Waals surface area contributed by atoms with Crippen molar-refractivity contribution in [2.45, 2.75) is 18.3 Å². The summed E-state index contributed by atoms with van der Waals surface area (Å²) in [7, 11) is 0. The normalized spacial score (nSPS) is 15.0. The van der Waals surface area contributed by atoms with Crippen LogP contribution in [0.25, 0.3) is 11.3 Å². The van der Waals surface area contributed by atoms with Crippen LogP contribution in [0.15, 0.2) is 59.1 Å². The van der Waals surface area contributed by atoms with Gasteiger partial charge in [0, 0.05) is 16.7 Å². The number of hydrogen-bond acceptors (Lipinski definition) is 3. The molecule has 1 amide bonds. The molecule has 3 aromatic rings. The number of anilines is 1. The second-order valence-electron chi connectivity index (χ2n) is 6.10. The minimum Gasteiger partial charge on any atom is -0.356 e. The molecule has 1 saturated carbocycles. The van der Waals surface area contributed by atoms with Gasteiger partial charge in [-0.15, -0.1) is 0 Å². The van der Waals surface area contributed by atoms with Gasteiger partial charge < -0.3 is 9.84 Å². The predicted octanol–water partition coefficient (Wildman–Crippen LogP) is 4.80. The molecule has 1 aliphatic rings. The summed E-state index contributed by atoms with van der Waals surface area (Å²) in [6.45, 7) is 0. The van der Waals surface area contributed by atoms with Crippen LogP contribution in [0.5, 0.6) is 0 Å². The molecular formula is C19H14ClFN2O2. The Hall–Kier alpha value is -2.66. The number of amides is 1. The average Bonchev–Trinajstić information content (AvgIpc) is 3.28. The zero-order chi connectivity index (χ0) is 17.4. The van der Waals surface area contributed by atoms with Gasteiger partial charge in [0.2, 0.25) is 5.91 Å². The van der Waals surface area contributed by atoms with Gasteiger partial charge in [-0.1, -0.05) is 28.9 Å². The zero-order valence-corrected chi connectivity index (χ0v) is 13.9. The molecule has 0 spiro atoms. The van der Waals surface area contributed by atoms with Gasteiger partial charge >= 0.3 is 0 Å². The summed E-state index contributed by atoms with van der Waals surface area (Å²) in [5.41, 5.74) is 0.802. The number of rotatable bonds is 4. The van der Waals surface area contributed by atoms with Crippen molar-refractivity contribution in [2.24, 2.45) is 0 Å². The summed E-state index contributed by atoms with van der Waals surface area (Å²) < 4.78 is 19.2. The Kier molecular flexibility index (Phi) is 3.81. The first-order valence-corrected chi connectivity index (χ1v) is 8.25. The lowest BCUT2D eigenvalue weighted by Crippen LogP contribution is -2.28. The van der Waals surface area contributed by atoms with Gasteiger partial charge in [0.1, 0.15) is 5.82 Å². The Bertz CT molecular complexity index is 933. The number of halogens is 2. The van der Waals surface area contributed by atoms with E-state index in [1.165, 1.54) is 12.1 Å². The maximum absolute atomic E-state index is 13.8. The first-order valence-electron chi connectivity index (χ1n) is 7.88. The van der Waals surface area contributed by atoms with Crippen LogP contribution in [0.3, 0.4) is 0 Å². The molecule has 0 saturated heterocycles. The molecule has 0 unspecified atom stereocenters. The second kappa shape index (κ2) is 6.01. The highest BCUT2D eigenvalue weighted by Gasteiger charge is 2.54. The van der Waals surface area contributed by atoms with Crippen molar-refractivity contribution in [3.63, 3.8) is 0 Å². The first kappa shape index (κ1) is 15.8. The van der Waals surface area contributed by atoms with Crippen molar-refractivity contribution >= 4 is 23.2 Å². The van der Waals surface area contributed by atoms with E-state index in [1.807, 2.05) is 12.1 Å². The lowest BCUT2D eigenvalue weighted by Gasteiger charge is -2.12. The topological polar surface area (TPSA) is 55.1 Å². The molecule has 6 heteroatoms. The number of nitrogens with one attached hydrogen (secondary N) is 1. The van der Waals surface area contributed by atoms with Crippen LogP contribution in [0.4, 0.5) is 10.1 Å².